The molecule has 1 aliphatic heterocycles. The first-order valence-corrected chi connectivity index (χ1v) is 9.75. The largest absolute Gasteiger partial charge is 0.301 e. The van der Waals surface area contributed by atoms with Crippen LogP contribution in [0.15, 0.2) is 11.1 Å². The van der Waals surface area contributed by atoms with E-state index in [1.165, 1.54) is 50.6 Å². The highest BCUT2D eigenvalue weighted by Gasteiger charge is 2.57. The van der Waals surface area contributed by atoms with Crippen LogP contribution in [0.5, 0.6) is 0 Å². The van der Waals surface area contributed by atoms with E-state index in [1.54, 1.807) is 0 Å². The Bertz CT molecular complexity index is 510. The fourth-order valence-electron chi connectivity index (χ4n) is 6.76. The van der Waals surface area contributed by atoms with Crippen molar-refractivity contribution >= 4 is 6.29 Å². The molecule has 0 aromatic carbocycles. The van der Waals surface area contributed by atoms with Crippen LogP contribution in [0.2, 0.25) is 0 Å². The molecule has 2 aliphatic carbocycles. The van der Waals surface area contributed by atoms with Gasteiger partial charge in [-0.3, -0.25) is 4.79 Å². The van der Waals surface area contributed by atoms with E-state index in [2.05, 4.69) is 32.7 Å². The van der Waals surface area contributed by atoms with Crippen LogP contribution in [0.3, 0.4) is 0 Å². The molecule has 3 aliphatic rings. The summed E-state index contributed by atoms with van der Waals surface area (Å²) in [7, 11) is 2.33. The highest BCUT2D eigenvalue weighted by molar-refractivity contribution is 5.74. The van der Waals surface area contributed by atoms with Crippen molar-refractivity contribution in [3.63, 3.8) is 0 Å². The number of fused-ring (bicyclic) bond motifs is 3. The van der Waals surface area contributed by atoms with Crippen LogP contribution in [0.4, 0.5) is 0 Å². The fourth-order valence-corrected chi connectivity index (χ4v) is 6.76. The summed E-state index contributed by atoms with van der Waals surface area (Å²) in [6.45, 7) is 10.6. The SMILES string of the molecule is CCCC1(C)/C(=C(/C)C=O)CCC2C1CCC1(C)C2CCN1C. The van der Waals surface area contributed by atoms with Gasteiger partial charge in [-0.15, -0.1) is 0 Å². The smallest absolute Gasteiger partial charge is 0.145 e. The molecule has 1 heterocycles. The minimum atomic E-state index is 0.255. The molecule has 0 N–H and O–H groups in total. The Hall–Kier alpha value is -0.630. The van der Waals surface area contributed by atoms with Gasteiger partial charge in [-0.2, -0.15) is 0 Å². The second-order valence-electron chi connectivity index (χ2n) is 8.97. The Labute approximate surface area is 142 Å². The molecule has 3 rings (SSSR count). The summed E-state index contributed by atoms with van der Waals surface area (Å²) in [5.41, 5.74) is 3.20. The first-order chi connectivity index (χ1) is 10.9. The lowest BCUT2D eigenvalue weighted by Crippen LogP contribution is -2.54. The molecule has 130 valence electrons. The van der Waals surface area contributed by atoms with E-state index < -0.39 is 0 Å². The molecule has 2 heteroatoms. The van der Waals surface area contributed by atoms with E-state index in [-0.39, 0.29) is 5.41 Å². The standard InChI is InChI=1S/C21H35NO/c1-6-11-20(3)17(15(2)14-23)8-7-16-18(20)9-12-21(4)19(16)10-13-22(21)5/h14,16,18-19H,6-13H2,1-5H3/b17-15-. The Morgan fingerprint density at radius 3 is 2.65 bits per heavy atom. The van der Waals surface area contributed by atoms with E-state index in [4.69, 9.17) is 0 Å². The molecule has 23 heavy (non-hydrogen) atoms. The van der Waals surface area contributed by atoms with Gasteiger partial charge in [-0.1, -0.05) is 25.8 Å². The van der Waals surface area contributed by atoms with Crippen LogP contribution < -0.4 is 0 Å². The van der Waals surface area contributed by atoms with Crippen LogP contribution in [-0.4, -0.2) is 30.3 Å². The van der Waals surface area contributed by atoms with E-state index in [0.29, 0.717) is 5.54 Å². The van der Waals surface area contributed by atoms with Gasteiger partial charge in [0.25, 0.3) is 0 Å². The summed E-state index contributed by atoms with van der Waals surface area (Å²) in [6, 6.07) is 0. The van der Waals surface area contributed by atoms with Gasteiger partial charge in [0.15, 0.2) is 0 Å². The van der Waals surface area contributed by atoms with E-state index in [9.17, 15) is 4.79 Å². The summed E-state index contributed by atoms with van der Waals surface area (Å²) in [4.78, 5) is 14.1. The molecule has 3 fully saturated rings. The van der Waals surface area contributed by atoms with Crippen LogP contribution in [0, 0.1) is 23.2 Å². The van der Waals surface area contributed by atoms with Crippen LogP contribution in [0.1, 0.15) is 72.6 Å². The van der Waals surface area contributed by atoms with E-state index >= 15 is 0 Å². The molecule has 0 bridgehead atoms. The minimum absolute atomic E-state index is 0.255. The summed E-state index contributed by atoms with van der Waals surface area (Å²) >= 11 is 0. The predicted octanol–water partition coefficient (Wildman–Crippen LogP) is 4.84. The van der Waals surface area contributed by atoms with Gasteiger partial charge in [0.2, 0.25) is 0 Å². The molecule has 1 saturated heterocycles. The van der Waals surface area contributed by atoms with Crippen molar-refractivity contribution in [2.45, 2.75) is 78.2 Å². The van der Waals surface area contributed by atoms with Gasteiger partial charge in [-0.25, -0.2) is 0 Å². The van der Waals surface area contributed by atoms with Crippen molar-refractivity contribution in [1.29, 1.82) is 0 Å². The Balaban J connectivity index is 1.98. The molecular weight excluding hydrogens is 282 g/mol. The molecule has 0 spiro atoms. The lowest BCUT2D eigenvalue weighted by molar-refractivity contribution is -0.105. The second-order valence-corrected chi connectivity index (χ2v) is 8.97. The predicted molar refractivity (Wildman–Crippen MR) is 96.4 cm³/mol. The number of carbonyl (C=O) groups excluding carboxylic acids is 1. The van der Waals surface area contributed by atoms with Crippen molar-refractivity contribution in [2.24, 2.45) is 23.2 Å². The zero-order valence-corrected chi connectivity index (χ0v) is 15.8. The zero-order valence-electron chi connectivity index (χ0n) is 15.8. The summed E-state index contributed by atoms with van der Waals surface area (Å²) in [5, 5.41) is 0. The third kappa shape index (κ3) is 2.44. The van der Waals surface area contributed by atoms with Crippen molar-refractivity contribution in [3.05, 3.63) is 11.1 Å². The average Bonchev–Trinajstić information content (AvgIpc) is 2.83. The third-order valence-corrected chi connectivity index (χ3v) is 8.10. The van der Waals surface area contributed by atoms with Crippen molar-refractivity contribution in [2.75, 3.05) is 13.6 Å². The summed E-state index contributed by atoms with van der Waals surface area (Å²) < 4.78 is 0. The second kappa shape index (κ2) is 6.02. The zero-order chi connectivity index (χ0) is 16.8. The Kier molecular flexibility index (Phi) is 4.50. The van der Waals surface area contributed by atoms with Gasteiger partial charge < -0.3 is 4.90 Å². The number of likely N-dealkylation sites (tertiary alicyclic amines) is 1. The maximum Gasteiger partial charge on any atom is 0.145 e. The third-order valence-electron chi connectivity index (χ3n) is 8.10. The highest BCUT2D eigenvalue weighted by Crippen LogP contribution is 2.61. The van der Waals surface area contributed by atoms with E-state index in [0.717, 1.165) is 36.0 Å². The number of aldehydes is 1. The van der Waals surface area contributed by atoms with Gasteiger partial charge in [-0.05, 0) is 94.7 Å². The molecule has 0 aromatic heterocycles. The highest BCUT2D eigenvalue weighted by atomic mass is 16.1. The van der Waals surface area contributed by atoms with Crippen molar-refractivity contribution in [1.82, 2.24) is 4.90 Å². The topological polar surface area (TPSA) is 20.3 Å². The maximum absolute atomic E-state index is 11.5. The number of carbonyl (C=O) groups is 1. The van der Waals surface area contributed by atoms with Crippen molar-refractivity contribution in [3.8, 4) is 0 Å². The number of hydrogen-bond acceptors (Lipinski definition) is 2. The lowest BCUT2D eigenvalue weighted by Gasteiger charge is -2.57. The van der Waals surface area contributed by atoms with Crippen molar-refractivity contribution < 1.29 is 4.79 Å². The van der Waals surface area contributed by atoms with Crippen LogP contribution in [-0.2, 0) is 4.79 Å². The summed E-state index contributed by atoms with van der Waals surface area (Å²) in [5.74, 6) is 2.50. The molecule has 2 nitrogen and oxygen atoms in total. The molecule has 5 unspecified atom stereocenters. The first-order valence-electron chi connectivity index (χ1n) is 9.75. The molecule has 2 saturated carbocycles. The van der Waals surface area contributed by atoms with Crippen LogP contribution >= 0.6 is 0 Å². The monoisotopic (exact) mass is 317 g/mol. The summed E-state index contributed by atoms with van der Waals surface area (Å²) in [6.07, 6.45) is 10.1. The quantitative estimate of drug-likeness (QED) is 0.548. The van der Waals surface area contributed by atoms with Gasteiger partial charge >= 0.3 is 0 Å². The molecule has 0 aromatic rings. The number of allylic oxidation sites excluding steroid dienone is 2. The van der Waals surface area contributed by atoms with Crippen LogP contribution in [0.25, 0.3) is 0 Å². The fraction of sp³-hybridized carbons (Fsp3) is 0.857. The molecular formula is C21H35NO. The van der Waals surface area contributed by atoms with E-state index in [1.807, 2.05) is 6.92 Å². The number of rotatable bonds is 3. The average molecular weight is 318 g/mol. The molecule has 0 amide bonds. The van der Waals surface area contributed by atoms with Gasteiger partial charge in [0.05, 0.1) is 0 Å². The minimum Gasteiger partial charge on any atom is -0.301 e. The lowest BCUT2D eigenvalue weighted by atomic mass is 9.49. The number of hydrogen-bond donors (Lipinski definition) is 0. The normalized spacial score (nSPS) is 46.2. The first kappa shape index (κ1) is 17.2. The Morgan fingerprint density at radius 2 is 2.00 bits per heavy atom. The molecule has 5 atom stereocenters. The van der Waals surface area contributed by atoms with Gasteiger partial charge in [0.1, 0.15) is 6.29 Å². The van der Waals surface area contributed by atoms with Gasteiger partial charge in [0, 0.05) is 5.54 Å². The Morgan fingerprint density at radius 1 is 1.26 bits per heavy atom. The number of nitrogens with zero attached hydrogens (tertiary/aromatic N) is 1. The maximum atomic E-state index is 11.5. The molecule has 0 radical (unpaired) electrons.